The maximum atomic E-state index is 6.22. The number of rotatable bonds is 2. The lowest BCUT2D eigenvalue weighted by Gasteiger charge is -2.42. The number of nitrogens with zero attached hydrogens (tertiary/aromatic N) is 4. The van der Waals surface area contributed by atoms with Gasteiger partial charge in [-0.15, -0.1) is 0 Å². The fourth-order valence-corrected chi connectivity index (χ4v) is 3.81. The van der Waals surface area contributed by atoms with Gasteiger partial charge in [-0.25, -0.2) is 9.50 Å². The summed E-state index contributed by atoms with van der Waals surface area (Å²) >= 11 is 1.65. The summed E-state index contributed by atoms with van der Waals surface area (Å²) in [5.41, 5.74) is 8.70. The second kappa shape index (κ2) is 4.79. The molecule has 3 rings (SSSR count). The molecule has 1 atom stereocenters. The fourth-order valence-electron chi connectivity index (χ4n) is 3.00. The van der Waals surface area contributed by atoms with Gasteiger partial charge in [0, 0.05) is 25.7 Å². The summed E-state index contributed by atoms with van der Waals surface area (Å²) in [6.07, 6.45) is 1.06. The summed E-state index contributed by atoms with van der Waals surface area (Å²) in [7, 11) is 0. The SMILES string of the molecule is Cc1nn2c(CN3CCC(N)C(C)(C)C3)c(C)nc2s1. The lowest BCUT2D eigenvalue weighted by molar-refractivity contribution is 0.0883. The molecule has 5 nitrogen and oxygen atoms in total. The van der Waals surface area contributed by atoms with Crippen molar-refractivity contribution < 1.29 is 0 Å². The van der Waals surface area contributed by atoms with Crippen LogP contribution in [0, 0.1) is 19.3 Å². The van der Waals surface area contributed by atoms with Gasteiger partial charge in [0.15, 0.2) is 0 Å². The van der Waals surface area contributed by atoms with Gasteiger partial charge in [-0.05, 0) is 25.7 Å². The highest BCUT2D eigenvalue weighted by Crippen LogP contribution is 2.29. The first-order chi connectivity index (χ1) is 9.37. The molecule has 2 aromatic rings. The predicted octanol–water partition coefficient (Wildman–Crippen LogP) is 1.97. The molecule has 0 saturated carbocycles. The van der Waals surface area contributed by atoms with Crippen LogP contribution >= 0.6 is 11.3 Å². The monoisotopic (exact) mass is 293 g/mol. The third kappa shape index (κ3) is 2.36. The van der Waals surface area contributed by atoms with E-state index in [-0.39, 0.29) is 5.41 Å². The molecule has 1 aliphatic rings. The minimum atomic E-state index is 0.175. The molecule has 2 aromatic heterocycles. The van der Waals surface area contributed by atoms with Crippen LogP contribution in [0.1, 0.15) is 36.7 Å². The van der Waals surface area contributed by atoms with E-state index in [0.717, 1.165) is 41.7 Å². The molecule has 20 heavy (non-hydrogen) atoms. The van der Waals surface area contributed by atoms with Gasteiger partial charge in [0.1, 0.15) is 5.01 Å². The van der Waals surface area contributed by atoms with Gasteiger partial charge >= 0.3 is 0 Å². The van der Waals surface area contributed by atoms with Crippen LogP contribution in [0.25, 0.3) is 4.96 Å². The lowest BCUT2D eigenvalue weighted by atomic mass is 9.79. The van der Waals surface area contributed by atoms with E-state index in [1.165, 1.54) is 5.69 Å². The van der Waals surface area contributed by atoms with Gasteiger partial charge in [-0.2, -0.15) is 5.10 Å². The van der Waals surface area contributed by atoms with Crippen molar-refractivity contribution in [1.29, 1.82) is 0 Å². The minimum Gasteiger partial charge on any atom is -0.327 e. The van der Waals surface area contributed by atoms with Crippen LogP contribution < -0.4 is 5.73 Å². The Balaban J connectivity index is 1.84. The molecule has 6 heteroatoms. The van der Waals surface area contributed by atoms with Crippen LogP contribution in [0.4, 0.5) is 0 Å². The van der Waals surface area contributed by atoms with E-state index in [1.54, 1.807) is 11.3 Å². The second-order valence-corrected chi connectivity index (χ2v) is 7.71. The quantitative estimate of drug-likeness (QED) is 0.919. The highest BCUT2D eigenvalue weighted by atomic mass is 32.1. The molecule has 2 N–H and O–H groups in total. The highest BCUT2D eigenvalue weighted by molar-refractivity contribution is 7.16. The summed E-state index contributed by atoms with van der Waals surface area (Å²) in [5, 5.41) is 5.64. The molecule has 0 amide bonds. The van der Waals surface area contributed by atoms with Crippen LogP contribution in [0.15, 0.2) is 0 Å². The smallest absolute Gasteiger partial charge is 0.212 e. The van der Waals surface area contributed by atoms with Crippen molar-refractivity contribution in [3.63, 3.8) is 0 Å². The van der Waals surface area contributed by atoms with Crippen LogP contribution in [0.3, 0.4) is 0 Å². The molecule has 1 unspecified atom stereocenters. The molecule has 3 heterocycles. The van der Waals surface area contributed by atoms with Gasteiger partial charge in [-0.3, -0.25) is 4.90 Å². The van der Waals surface area contributed by atoms with Crippen molar-refractivity contribution >= 4 is 16.3 Å². The largest absolute Gasteiger partial charge is 0.327 e. The number of hydrogen-bond donors (Lipinski definition) is 1. The number of nitrogens with two attached hydrogens (primary N) is 1. The summed E-state index contributed by atoms with van der Waals surface area (Å²) in [5.74, 6) is 0. The topological polar surface area (TPSA) is 59.5 Å². The van der Waals surface area contributed by atoms with Gasteiger partial charge in [0.25, 0.3) is 0 Å². The molecular formula is C14H23N5S. The number of aromatic nitrogens is 3. The first-order valence-electron chi connectivity index (χ1n) is 7.16. The zero-order chi connectivity index (χ0) is 14.5. The molecule has 0 radical (unpaired) electrons. The van der Waals surface area contributed by atoms with Crippen molar-refractivity contribution in [3.8, 4) is 0 Å². The third-order valence-electron chi connectivity index (χ3n) is 4.36. The Morgan fingerprint density at radius 3 is 2.85 bits per heavy atom. The Morgan fingerprint density at radius 1 is 1.40 bits per heavy atom. The van der Waals surface area contributed by atoms with E-state index in [9.17, 15) is 0 Å². The normalized spacial score (nSPS) is 23.6. The summed E-state index contributed by atoms with van der Waals surface area (Å²) < 4.78 is 2.01. The molecule has 0 bridgehead atoms. The van der Waals surface area contributed by atoms with E-state index in [2.05, 4.69) is 35.8 Å². The average molecular weight is 293 g/mol. The van der Waals surface area contributed by atoms with Gasteiger partial charge < -0.3 is 5.73 Å². The molecule has 0 spiro atoms. The van der Waals surface area contributed by atoms with Gasteiger partial charge in [0.2, 0.25) is 4.96 Å². The zero-order valence-electron chi connectivity index (χ0n) is 12.7. The zero-order valence-corrected chi connectivity index (χ0v) is 13.5. The van der Waals surface area contributed by atoms with Crippen LogP contribution in [0.5, 0.6) is 0 Å². The van der Waals surface area contributed by atoms with Crippen molar-refractivity contribution in [2.75, 3.05) is 13.1 Å². The maximum Gasteiger partial charge on any atom is 0.212 e. The number of imidazole rings is 1. The molecule has 1 fully saturated rings. The van der Waals surface area contributed by atoms with E-state index in [4.69, 9.17) is 5.73 Å². The molecule has 0 aromatic carbocycles. The fraction of sp³-hybridized carbons (Fsp3) is 0.714. The number of piperidine rings is 1. The summed E-state index contributed by atoms with van der Waals surface area (Å²) in [6, 6.07) is 0.298. The number of likely N-dealkylation sites (tertiary alicyclic amines) is 1. The van der Waals surface area contributed by atoms with E-state index in [1.807, 2.05) is 11.4 Å². The van der Waals surface area contributed by atoms with Crippen LogP contribution in [0.2, 0.25) is 0 Å². The number of aryl methyl sites for hydroxylation is 2. The Labute approximate surface area is 123 Å². The highest BCUT2D eigenvalue weighted by Gasteiger charge is 2.33. The van der Waals surface area contributed by atoms with Gasteiger partial charge in [0.05, 0.1) is 11.4 Å². The summed E-state index contributed by atoms with van der Waals surface area (Å²) in [4.78, 5) is 8.10. The first-order valence-corrected chi connectivity index (χ1v) is 7.98. The Kier molecular flexibility index (Phi) is 3.35. The van der Waals surface area contributed by atoms with Gasteiger partial charge in [-0.1, -0.05) is 25.2 Å². The Hall–Kier alpha value is -0.980. The molecule has 1 saturated heterocycles. The Bertz CT molecular complexity index is 627. The molecule has 110 valence electrons. The number of hydrogen-bond acceptors (Lipinski definition) is 5. The third-order valence-corrected chi connectivity index (χ3v) is 5.19. The van der Waals surface area contributed by atoms with Crippen molar-refractivity contribution in [3.05, 3.63) is 16.4 Å². The average Bonchev–Trinajstić information content (AvgIpc) is 2.82. The summed E-state index contributed by atoms with van der Waals surface area (Å²) in [6.45, 7) is 11.6. The maximum absolute atomic E-state index is 6.22. The van der Waals surface area contributed by atoms with E-state index < -0.39 is 0 Å². The molecule has 0 aliphatic carbocycles. The van der Waals surface area contributed by atoms with E-state index in [0.29, 0.717) is 6.04 Å². The predicted molar refractivity (Wildman–Crippen MR) is 82.0 cm³/mol. The van der Waals surface area contributed by atoms with Crippen LogP contribution in [-0.2, 0) is 6.54 Å². The lowest BCUT2D eigenvalue weighted by Crippen LogP contribution is -2.52. The first kappa shape index (κ1) is 14.0. The number of fused-ring (bicyclic) bond motifs is 1. The van der Waals surface area contributed by atoms with E-state index >= 15 is 0 Å². The Morgan fingerprint density at radius 2 is 2.15 bits per heavy atom. The molecule has 1 aliphatic heterocycles. The van der Waals surface area contributed by atoms with Crippen molar-refractivity contribution in [1.82, 2.24) is 19.5 Å². The minimum absolute atomic E-state index is 0.175. The standard InChI is InChI=1S/C14H23N5S/c1-9-11(19-13(16-9)20-10(2)17-19)7-18-6-5-12(15)14(3,4)8-18/h12H,5-8,15H2,1-4H3. The van der Waals surface area contributed by atoms with Crippen LogP contribution in [-0.4, -0.2) is 38.6 Å². The molecular weight excluding hydrogens is 270 g/mol. The van der Waals surface area contributed by atoms with Crippen molar-refractivity contribution in [2.45, 2.75) is 46.7 Å². The second-order valence-electron chi connectivity index (χ2n) is 6.55. The van der Waals surface area contributed by atoms with Crippen molar-refractivity contribution in [2.24, 2.45) is 11.1 Å².